The number of hydrogen-bond acceptors (Lipinski definition) is 6. The van der Waals surface area contributed by atoms with Crippen LogP contribution in [-0.2, 0) is 16.1 Å². The molecular weight excluding hydrogens is 473 g/mol. The standard InChI is InChI=1S/C22H23F3N4O4S/c1-13(2)33-19(31)27-17-11-14(9-10-26-17)12-28-20(32)29(18(30)21(28,3)4)15-5-7-16(8-6-15)34-22(23,24)25/h5-11,13H,12H2,1-4H3,(H,26,27,31). The van der Waals surface area contributed by atoms with E-state index >= 15 is 0 Å². The Kier molecular flexibility index (Phi) is 7.10. The van der Waals surface area contributed by atoms with Gasteiger partial charge in [-0.05, 0) is 81.4 Å². The van der Waals surface area contributed by atoms with E-state index in [9.17, 15) is 27.6 Å². The topological polar surface area (TPSA) is 91.8 Å². The quantitative estimate of drug-likeness (QED) is 0.426. The third-order valence-electron chi connectivity index (χ3n) is 4.89. The number of thioether (sulfide) groups is 1. The molecule has 1 saturated heterocycles. The molecule has 2 heterocycles. The minimum Gasteiger partial charge on any atom is -0.447 e. The van der Waals surface area contributed by atoms with Gasteiger partial charge in [-0.2, -0.15) is 13.2 Å². The molecule has 0 bridgehead atoms. The van der Waals surface area contributed by atoms with Crippen molar-refractivity contribution >= 4 is 41.3 Å². The van der Waals surface area contributed by atoms with Gasteiger partial charge in [-0.15, -0.1) is 0 Å². The summed E-state index contributed by atoms with van der Waals surface area (Å²) in [6.07, 6.45) is 0.458. The van der Waals surface area contributed by atoms with E-state index < -0.39 is 29.1 Å². The lowest BCUT2D eigenvalue weighted by Gasteiger charge is -2.27. The van der Waals surface area contributed by atoms with Crippen molar-refractivity contribution in [2.75, 3.05) is 10.2 Å². The zero-order valence-electron chi connectivity index (χ0n) is 18.8. The number of carbonyl (C=O) groups excluding carboxylic acids is 3. The SMILES string of the molecule is CC(C)OC(=O)Nc1cc(CN2C(=O)N(c3ccc(SC(F)(F)F)cc3)C(=O)C2(C)C)ccn1. The Labute approximate surface area is 198 Å². The number of pyridine rings is 1. The molecule has 34 heavy (non-hydrogen) atoms. The lowest BCUT2D eigenvalue weighted by Crippen LogP contribution is -2.43. The van der Waals surface area contributed by atoms with E-state index in [1.54, 1.807) is 39.8 Å². The summed E-state index contributed by atoms with van der Waals surface area (Å²) in [5, 5.41) is 2.50. The number of nitrogens with zero attached hydrogens (tertiary/aromatic N) is 3. The van der Waals surface area contributed by atoms with Gasteiger partial charge in [0.1, 0.15) is 11.4 Å². The minimum atomic E-state index is -4.44. The molecule has 0 atom stereocenters. The van der Waals surface area contributed by atoms with Gasteiger partial charge < -0.3 is 9.64 Å². The molecule has 0 unspecified atom stereocenters. The van der Waals surface area contributed by atoms with Crippen LogP contribution in [0.4, 0.5) is 34.3 Å². The summed E-state index contributed by atoms with van der Waals surface area (Å²) in [6.45, 7) is 6.61. The summed E-state index contributed by atoms with van der Waals surface area (Å²) in [6, 6.07) is 7.61. The van der Waals surface area contributed by atoms with Gasteiger partial charge in [0.25, 0.3) is 5.91 Å². The molecule has 0 aliphatic carbocycles. The molecule has 2 aromatic rings. The van der Waals surface area contributed by atoms with E-state index in [1.165, 1.54) is 35.4 Å². The van der Waals surface area contributed by atoms with Crippen molar-refractivity contribution in [3.8, 4) is 0 Å². The van der Waals surface area contributed by atoms with E-state index in [0.29, 0.717) is 5.56 Å². The highest BCUT2D eigenvalue weighted by molar-refractivity contribution is 8.00. The molecule has 1 aliphatic heterocycles. The zero-order valence-corrected chi connectivity index (χ0v) is 19.7. The van der Waals surface area contributed by atoms with Crippen LogP contribution in [0.3, 0.4) is 0 Å². The van der Waals surface area contributed by atoms with E-state index in [1.807, 2.05) is 0 Å². The van der Waals surface area contributed by atoms with Crippen molar-refractivity contribution in [1.29, 1.82) is 0 Å². The third kappa shape index (κ3) is 5.79. The third-order valence-corrected chi connectivity index (χ3v) is 5.63. The fraction of sp³-hybridized carbons (Fsp3) is 0.364. The van der Waals surface area contributed by atoms with Crippen molar-refractivity contribution in [2.24, 2.45) is 0 Å². The molecule has 1 fully saturated rings. The van der Waals surface area contributed by atoms with Crippen LogP contribution in [0.2, 0.25) is 0 Å². The monoisotopic (exact) mass is 496 g/mol. The first-order valence-corrected chi connectivity index (χ1v) is 11.0. The summed E-state index contributed by atoms with van der Waals surface area (Å²) >= 11 is -0.279. The predicted molar refractivity (Wildman–Crippen MR) is 120 cm³/mol. The maximum Gasteiger partial charge on any atom is 0.446 e. The van der Waals surface area contributed by atoms with Gasteiger partial charge in [0, 0.05) is 17.6 Å². The molecule has 8 nitrogen and oxygen atoms in total. The number of alkyl halides is 3. The van der Waals surface area contributed by atoms with E-state index in [4.69, 9.17) is 4.74 Å². The highest BCUT2D eigenvalue weighted by atomic mass is 32.2. The normalized spacial score (nSPS) is 15.8. The number of ether oxygens (including phenoxy) is 1. The molecule has 0 saturated carbocycles. The highest BCUT2D eigenvalue weighted by Crippen LogP contribution is 2.39. The number of urea groups is 1. The lowest BCUT2D eigenvalue weighted by molar-refractivity contribution is -0.123. The van der Waals surface area contributed by atoms with Crippen LogP contribution in [0.1, 0.15) is 33.3 Å². The molecule has 1 aromatic heterocycles. The largest absolute Gasteiger partial charge is 0.447 e. The van der Waals surface area contributed by atoms with Crippen molar-refractivity contribution < 1.29 is 32.3 Å². The fourth-order valence-electron chi connectivity index (χ4n) is 3.30. The molecular formula is C22H23F3N4O4S. The number of imide groups is 1. The van der Waals surface area contributed by atoms with Crippen LogP contribution >= 0.6 is 11.8 Å². The number of amides is 4. The smallest absolute Gasteiger partial charge is 0.446 e. The Balaban J connectivity index is 1.79. The number of nitrogens with one attached hydrogen (secondary N) is 1. The van der Waals surface area contributed by atoms with Gasteiger partial charge in [-0.25, -0.2) is 19.5 Å². The summed E-state index contributed by atoms with van der Waals surface area (Å²) in [7, 11) is 0. The molecule has 0 spiro atoms. The molecule has 1 N–H and O–H groups in total. The number of rotatable bonds is 6. The molecule has 1 aromatic carbocycles. The van der Waals surface area contributed by atoms with Gasteiger partial charge in [0.05, 0.1) is 11.8 Å². The molecule has 3 rings (SSSR count). The molecule has 0 radical (unpaired) electrons. The van der Waals surface area contributed by atoms with Crippen molar-refractivity contribution in [2.45, 2.75) is 56.3 Å². The fourth-order valence-corrected chi connectivity index (χ4v) is 3.84. The van der Waals surface area contributed by atoms with E-state index in [-0.39, 0.29) is 40.8 Å². The maximum absolute atomic E-state index is 13.2. The summed E-state index contributed by atoms with van der Waals surface area (Å²) < 4.78 is 42.8. The first kappa shape index (κ1) is 25.3. The van der Waals surface area contributed by atoms with Crippen LogP contribution in [0.15, 0.2) is 47.5 Å². The summed E-state index contributed by atoms with van der Waals surface area (Å²) in [4.78, 5) is 44.3. The number of anilines is 2. The minimum absolute atomic E-state index is 0.0342. The Morgan fingerprint density at radius 1 is 1.18 bits per heavy atom. The van der Waals surface area contributed by atoms with Gasteiger partial charge in [0.15, 0.2) is 0 Å². The average Bonchev–Trinajstić information content (AvgIpc) is 2.87. The molecule has 4 amide bonds. The molecule has 12 heteroatoms. The average molecular weight is 497 g/mol. The summed E-state index contributed by atoms with van der Waals surface area (Å²) in [5.41, 5.74) is -4.89. The first-order valence-electron chi connectivity index (χ1n) is 10.2. The second kappa shape index (κ2) is 9.53. The second-order valence-electron chi connectivity index (χ2n) is 8.24. The zero-order chi connectivity index (χ0) is 25.3. The first-order chi connectivity index (χ1) is 15.8. The van der Waals surface area contributed by atoms with Crippen LogP contribution in [0, 0.1) is 0 Å². The number of aromatic nitrogens is 1. The molecule has 1 aliphatic rings. The van der Waals surface area contributed by atoms with Crippen LogP contribution in [0.5, 0.6) is 0 Å². The van der Waals surface area contributed by atoms with E-state index in [0.717, 1.165) is 4.90 Å². The van der Waals surface area contributed by atoms with Crippen molar-refractivity contribution in [3.63, 3.8) is 0 Å². The van der Waals surface area contributed by atoms with Crippen LogP contribution < -0.4 is 10.2 Å². The number of benzene rings is 1. The Morgan fingerprint density at radius 3 is 2.41 bits per heavy atom. The number of hydrogen-bond donors (Lipinski definition) is 1. The Hall–Kier alpha value is -3.28. The van der Waals surface area contributed by atoms with Gasteiger partial charge in [-0.3, -0.25) is 10.1 Å². The maximum atomic E-state index is 13.2. The van der Waals surface area contributed by atoms with Crippen LogP contribution in [0.25, 0.3) is 0 Å². The van der Waals surface area contributed by atoms with Crippen molar-refractivity contribution in [1.82, 2.24) is 9.88 Å². The second-order valence-corrected chi connectivity index (χ2v) is 9.38. The number of halogens is 3. The summed E-state index contributed by atoms with van der Waals surface area (Å²) in [5.74, 6) is -0.296. The number of carbonyl (C=O) groups is 3. The predicted octanol–water partition coefficient (Wildman–Crippen LogP) is 5.40. The Morgan fingerprint density at radius 2 is 1.82 bits per heavy atom. The van der Waals surface area contributed by atoms with Crippen molar-refractivity contribution in [3.05, 3.63) is 48.2 Å². The highest BCUT2D eigenvalue weighted by Gasteiger charge is 2.51. The Bertz CT molecular complexity index is 1090. The van der Waals surface area contributed by atoms with Gasteiger partial charge in [0.2, 0.25) is 0 Å². The van der Waals surface area contributed by atoms with Crippen LogP contribution in [-0.4, -0.2) is 45.1 Å². The van der Waals surface area contributed by atoms with Gasteiger partial charge >= 0.3 is 17.6 Å². The lowest BCUT2D eigenvalue weighted by atomic mass is 10.0. The van der Waals surface area contributed by atoms with Gasteiger partial charge in [-0.1, -0.05) is 0 Å². The molecule has 182 valence electrons. The van der Waals surface area contributed by atoms with E-state index in [2.05, 4.69) is 10.3 Å².